The van der Waals surface area contributed by atoms with Gasteiger partial charge in [-0.25, -0.2) is 9.78 Å². The van der Waals surface area contributed by atoms with E-state index >= 15 is 0 Å². The van der Waals surface area contributed by atoms with Gasteiger partial charge in [-0.1, -0.05) is 6.42 Å². The van der Waals surface area contributed by atoms with Crippen LogP contribution in [0, 0.1) is 6.92 Å². The summed E-state index contributed by atoms with van der Waals surface area (Å²) >= 11 is 1.11. The first-order valence-corrected chi connectivity index (χ1v) is 11.0. The molecule has 30 heavy (non-hydrogen) atoms. The molecule has 2 aliphatic rings. The van der Waals surface area contributed by atoms with Crippen LogP contribution >= 0.6 is 11.3 Å². The lowest BCUT2D eigenvalue weighted by Crippen LogP contribution is -2.40. The van der Waals surface area contributed by atoms with E-state index in [4.69, 9.17) is 4.74 Å². The standard InChI is InChI=1S/C22H23N3O4S/c1-12-11-14(29-13-5-3-2-4-6-13)7-8-15(12)25-16-9-10-23-20-17(16)18(24-22(25)28)19(30-20)21(26)27/h7-11,13,22,24,28H,2-6H2,1H3,(H,26,27). The average Bonchev–Trinajstić information content (AvgIpc) is 3.10. The smallest absolute Gasteiger partial charge is 0.348 e. The summed E-state index contributed by atoms with van der Waals surface area (Å²) in [5, 5.41) is 24.1. The zero-order valence-electron chi connectivity index (χ0n) is 16.6. The van der Waals surface area contributed by atoms with E-state index in [1.165, 1.54) is 19.3 Å². The monoisotopic (exact) mass is 425 g/mol. The normalized spacial score (nSPS) is 19.0. The molecule has 5 rings (SSSR count). The lowest BCUT2D eigenvalue weighted by Gasteiger charge is -2.36. The molecular formula is C22H23N3O4S. The van der Waals surface area contributed by atoms with E-state index < -0.39 is 12.3 Å². The van der Waals surface area contributed by atoms with Crippen molar-refractivity contribution in [2.24, 2.45) is 0 Å². The summed E-state index contributed by atoms with van der Waals surface area (Å²) in [6.07, 6.45) is 6.72. The van der Waals surface area contributed by atoms with Crippen molar-refractivity contribution in [3.8, 4) is 5.75 Å². The molecule has 7 nitrogen and oxygen atoms in total. The predicted molar refractivity (Wildman–Crippen MR) is 117 cm³/mol. The zero-order valence-corrected chi connectivity index (χ0v) is 17.4. The lowest BCUT2D eigenvalue weighted by atomic mass is 9.98. The van der Waals surface area contributed by atoms with E-state index in [0.717, 1.165) is 46.9 Å². The lowest BCUT2D eigenvalue weighted by molar-refractivity contribution is 0.0703. The molecule has 0 radical (unpaired) electrons. The first-order chi connectivity index (χ1) is 14.5. The van der Waals surface area contributed by atoms with Gasteiger partial charge in [0.05, 0.1) is 22.9 Å². The van der Waals surface area contributed by atoms with E-state index in [2.05, 4.69) is 10.3 Å². The first-order valence-electron chi connectivity index (χ1n) is 10.2. The molecule has 1 aliphatic carbocycles. The van der Waals surface area contributed by atoms with Gasteiger partial charge in [0.1, 0.15) is 15.5 Å². The fraction of sp³-hybridized carbons (Fsp3) is 0.364. The number of carbonyl (C=O) groups is 1. The molecule has 1 saturated carbocycles. The number of nitrogens with zero attached hydrogens (tertiary/aromatic N) is 2. The van der Waals surface area contributed by atoms with Crippen molar-refractivity contribution in [2.75, 3.05) is 10.2 Å². The fourth-order valence-corrected chi connectivity index (χ4v) is 5.40. The second-order valence-electron chi connectivity index (χ2n) is 7.84. The summed E-state index contributed by atoms with van der Waals surface area (Å²) in [5.74, 6) is -0.195. The quantitative estimate of drug-likeness (QED) is 0.550. The number of benzene rings is 1. The van der Waals surface area contributed by atoms with Crippen LogP contribution in [-0.4, -0.2) is 33.6 Å². The maximum absolute atomic E-state index is 11.6. The number of aromatic carboxylic acids is 1. The minimum Gasteiger partial charge on any atom is -0.490 e. The molecule has 0 amide bonds. The third kappa shape index (κ3) is 3.16. The topological polar surface area (TPSA) is 94.9 Å². The number of aliphatic hydroxyl groups excluding tert-OH is 1. The second kappa shape index (κ2) is 7.45. The van der Waals surface area contributed by atoms with Gasteiger partial charge >= 0.3 is 5.97 Å². The van der Waals surface area contributed by atoms with Gasteiger partial charge in [0.25, 0.3) is 0 Å². The number of ether oxygens (including phenoxy) is 1. The molecule has 1 fully saturated rings. The molecule has 0 bridgehead atoms. The Bertz CT molecular complexity index is 1120. The minimum absolute atomic E-state index is 0.150. The number of pyridine rings is 1. The van der Waals surface area contributed by atoms with Crippen molar-refractivity contribution in [1.29, 1.82) is 0 Å². The number of rotatable bonds is 4. The number of aromatic nitrogens is 1. The van der Waals surface area contributed by atoms with Crippen molar-refractivity contribution in [1.82, 2.24) is 4.98 Å². The summed E-state index contributed by atoms with van der Waals surface area (Å²) in [6.45, 7) is 1.99. The summed E-state index contributed by atoms with van der Waals surface area (Å²) < 4.78 is 6.18. The third-order valence-corrected chi connectivity index (χ3v) is 6.91. The Morgan fingerprint density at radius 1 is 1.23 bits per heavy atom. The van der Waals surface area contributed by atoms with Crippen LogP contribution in [0.3, 0.4) is 0 Å². The summed E-state index contributed by atoms with van der Waals surface area (Å²) in [4.78, 5) is 18.5. The van der Waals surface area contributed by atoms with E-state index in [1.54, 1.807) is 17.2 Å². The molecule has 3 aromatic rings. The van der Waals surface area contributed by atoms with Crippen LogP contribution in [0.15, 0.2) is 30.5 Å². The van der Waals surface area contributed by atoms with Gasteiger partial charge in [0, 0.05) is 11.9 Å². The fourth-order valence-electron chi connectivity index (χ4n) is 4.43. The third-order valence-electron chi connectivity index (χ3n) is 5.82. The molecule has 2 aromatic heterocycles. The Labute approximate surface area is 177 Å². The second-order valence-corrected chi connectivity index (χ2v) is 8.83. The predicted octanol–water partition coefficient (Wildman–Crippen LogP) is 4.85. The van der Waals surface area contributed by atoms with Gasteiger partial charge in [-0.15, -0.1) is 11.3 Å². The van der Waals surface area contributed by atoms with Crippen molar-refractivity contribution in [3.63, 3.8) is 0 Å². The SMILES string of the molecule is Cc1cc(OC2CCCCC2)ccc1N1c2ccnc3sc(C(=O)O)c(c23)NC1O. The Kier molecular flexibility index (Phi) is 4.75. The highest BCUT2D eigenvalue weighted by molar-refractivity contribution is 7.21. The number of anilines is 3. The maximum atomic E-state index is 11.6. The summed E-state index contributed by atoms with van der Waals surface area (Å²) in [6, 6.07) is 7.69. The Morgan fingerprint density at radius 3 is 2.77 bits per heavy atom. The van der Waals surface area contributed by atoms with Gasteiger partial charge in [0.2, 0.25) is 6.35 Å². The molecule has 0 saturated heterocycles. The first kappa shape index (κ1) is 19.1. The largest absolute Gasteiger partial charge is 0.490 e. The number of thiophene rings is 1. The van der Waals surface area contributed by atoms with Crippen LogP contribution in [0.1, 0.15) is 47.3 Å². The Morgan fingerprint density at radius 2 is 2.03 bits per heavy atom. The number of carboxylic acids is 1. The molecule has 1 unspecified atom stereocenters. The Balaban J connectivity index is 1.53. The van der Waals surface area contributed by atoms with Gasteiger partial charge < -0.3 is 20.3 Å². The van der Waals surface area contributed by atoms with E-state index in [9.17, 15) is 15.0 Å². The number of hydrogen-bond donors (Lipinski definition) is 3. The number of hydrogen-bond acceptors (Lipinski definition) is 7. The van der Waals surface area contributed by atoms with Crippen molar-refractivity contribution >= 4 is 44.6 Å². The van der Waals surface area contributed by atoms with E-state index in [1.807, 2.05) is 25.1 Å². The van der Waals surface area contributed by atoms with E-state index in [-0.39, 0.29) is 11.0 Å². The van der Waals surface area contributed by atoms with Crippen LogP contribution < -0.4 is 15.0 Å². The maximum Gasteiger partial charge on any atom is 0.348 e. The molecule has 1 aliphatic heterocycles. The van der Waals surface area contributed by atoms with Crippen LogP contribution in [0.5, 0.6) is 5.75 Å². The minimum atomic E-state index is -1.10. The van der Waals surface area contributed by atoms with Crippen molar-refractivity contribution < 1.29 is 19.7 Å². The van der Waals surface area contributed by atoms with Crippen LogP contribution in [0.2, 0.25) is 0 Å². The Hall–Kier alpha value is -2.84. The van der Waals surface area contributed by atoms with Crippen LogP contribution in [0.25, 0.3) is 10.2 Å². The molecule has 3 heterocycles. The molecular weight excluding hydrogens is 402 g/mol. The summed E-state index contributed by atoms with van der Waals surface area (Å²) in [7, 11) is 0. The molecule has 0 spiro atoms. The van der Waals surface area contributed by atoms with Gasteiger partial charge in [-0.3, -0.25) is 4.90 Å². The highest BCUT2D eigenvalue weighted by atomic mass is 32.1. The summed E-state index contributed by atoms with van der Waals surface area (Å²) in [5.41, 5.74) is 2.94. The number of aryl methyl sites for hydroxylation is 1. The van der Waals surface area contributed by atoms with Crippen molar-refractivity contribution in [3.05, 3.63) is 40.9 Å². The van der Waals surface area contributed by atoms with Crippen molar-refractivity contribution in [2.45, 2.75) is 51.5 Å². The van der Waals surface area contributed by atoms with Crippen LogP contribution in [-0.2, 0) is 0 Å². The van der Waals surface area contributed by atoms with Gasteiger partial charge in [-0.2, -0.15) is 0 Å². The highest BCUT2D eigenvalue weighted by Crippen LogP contribution is 2.47. The number of carboxylic acid groups (broad SMARTS) is 1. The van der Waals surface area contributed by atoms with Crippen LogP contribution in [0.4, 0.5) is 17.1 Å². The van der Waals surface area contributed by atoms with E-state index in [0.29, 0.717) is 15.9 Å². The zero-order chi connectivity index (χ0) is 20.8. The average molecular weight is 426 g/mol. The molecule has 1 atom stereocenters. The molecule has 3 N–H and O–H groups in total. The van der Waals surface area contributed by atoms with Gasteiger partial charge in [0.15, 0.2) is 0 Å². The molecule has 1 aromatic carbocycles. The highest BCUT2D eigenvalue weighted by Gasteiger charge is 2.33. The van der Waals surface area contributed by atoms with Gasteiger partial charge in [-0.05, 0) is 62.4 Å². The number of nitrogens with one attached hydrogen (secondary N) is 1. The number of aliphatic hydroxyl groups is 1. The molecule has 156 valence electrons. The molecule has 8 heteroatoms.